The van der Waals surface area contributed by atoms with Crippen LogP contribution in [0.2, 0.25) is 5.02 Å². The highest BCUT2D eigenvalue weighted by molar-refractivity contribution is 6.32. The number of aliphatic hydroxyl groups excluding tert-OH is 1. The average Bonchev–Trinajstić information content (AvgIpc) is 2.44. The lowest BCUT2D eigenvalue weighted by molar-refractivity contribution is 0.0681. The maximum atomic E-state index is 12.2. The van der Waals surface area contributed by atoms with Gasteiger partial charge >= 0.3 is 0 Å². The summed E-state index contributed by atoms with van der Waals surface area (Å²) in [5.41, 5.74) is 0.414. The first-order chi connectivity index (χ1) is 9.04. The zero-order valence-electron chi connectivity index (χ0n) is 10.9. The largest absolute Gasteiger partial charge is 0.486 e. The Morgan fingerprint density at radius 3 is 2.84 bits per heavy atom. The highest BCUT2D eigenvalue weighted by Crippen LogP contribution is 2.38. The number of amides is 1. The quantitative estimate of drug-likeness (QED) is 0.916. The fourth-order valence-corrected chi connectivity index (χ4v) is 2.03. The standard InChI is InChI=1S/C13H16ClNO4/c1-8(7-16)15(2)13(17)9-5-10(14)12-11(6-9)18-3-4-19-12/h5-6,8,16H,3-4,7H2,1-2H3. The zero-order chi connectivity index (χ0) is 14.0. The van der Waals surface area contributed by atoms with Gasteiger partial charge in [0.15, 0.2) is 11.5 Å². The minimum Gasteiger partial charge on any atom is -0.486 e. The Labute approximate surface area is 116 Å². The van der Waals surface area contributed by atoms with Gasteiger partial charge in [-0.3, -0.25) is 4.79 Å². The predicted octanol–water partition coefficient (Wildman–Crippen LogP) is 1.56. The molecule has 1 aliphatic rings. The Bertz CT molecular complexity index is 492. The predicted molar refractivity (Wildman–Crippen MR) is 71.1 cm³/mol. The number of halogens is 1. The third-order valence-corrected chi connectivity index (χ3v) is 3.37. The number of carbonyl (C=O) groups excluding carboxylic acids is 1. The number of hydrogen-bond donors (Lipinski definition) is 1. The Morgan fingerprint density at radius 1 is 1.47 bits per heavy atom. The lowest BCUT2D eigenvalue weighted by Crippen LogP contribution is -2.37. The van der Waals surface area contributed by atoms with Crippen molar-refractivity contribution < 1.29 is 19.4 Å². The fourth-order valence-electron chi connectivity index (χ4n) is 1.76. The van der Waals surface area contributed by atoms with Crippen molar-refractivity contribution >= 4 is 17.5 Å². The number of nitrogens with zero attached hydrogens (tertiary/aromatic N) is 1. The monoisotopic (exact) mass is 285 g/mol. The summed E-state index contributed by atoms with van der Waals surface area (Å²) in [5, 5.41) is 9.44. The van der Waals surface area contributed by atoms with Gasteiger partial charge < -0.3 is 19.5 Å². The van der Waals surface area contributed by atoms with Crippen molar-refractivity contribution in [1.29, 1.82) is 0 Å². The molecule has 0 saturated heterocycles. The van der Waals surface area contributed by atoms with E-state index in [9.17, 15) is 4.79 Å². The van der Waals surface area contributed by atoms with Crippen LogP contribution in [0, 0.1) is 0 Å². The number of fused-ring (bicyclic) bond motifs is 1. The summed E-state index contributed by atoms with van der Waals surface area (Å²) >= 11 is 6.08. The molecule has 6 heteroatoms. The van der Waals surface area contributed by atoms with Gasteiger partial charge in [0.1, 0.15) is 13.2 Å². The molecule has 1 aliphatic heterocycles. The normalized spacial score (nSPS) is 14.9. The number of hydrogen-bond acceptors (Lipinski definition) is 4. The van der Waals surface area contributed by atoms with Gasteiger partial charge in [0.25, 0.3) is 5.91 Å². The van der Waals surface area contributed by atoms with Crippen LogP contribution in [0.25, 0.3) is 0 Å². The van der Waals surface area contributed by atoms with E-state index in [4.69, 9.17) is 26.2 Å². The van der Waals surface area contributed by atoms with Gasteiger partial charge in [0.05, 0.1) is 17.7 Å². The Hall–Kier alpha value is -1.46. The van der Waals surface area contributed by atoms with E-state index >= 15 is 0 Å². The third-order valence-electron chi connectivity index (χ3n) is 3.09. The molecule has 0 spiro atoms. The molecule has 0 bridgehead atoms. The summed E-state index contributed by atoms with van der Waals surface area (Å²) in [5.74, 6) is 0.731. The van der Waals surface area contributed by atoms with Gasteiger partial charge in [-0.2, -0.15) is 0 Å². The van der Waals surface area contributed by atoms with Crippen LogP contribution >= 0.6 is 11.6 Å². The molecular formula is C13H16ClNO4. The molecule has 1 aromatic carbocycles. The van der Waals surface area contributed by atoms with Crippen molar-refractivity contribution in [2.24, 2.45) is 0 Å². The number of benzene rings is 1. The molecule has 1 aromatic rings. The topological polar surface area (TPSA) is 59.0 Å². The SMILES string of the molecule is CC(CO)N(C)C(=O)c1cc(Cl)c2c(c1)OCCO2. The Kier molecular flexibility index (Phi) is 4.17. The number of carbonyl (C=O) groups is 1. The van der Waals surface area contributed by atoms with E-state index in [1.165, 1.54) is 4.90 Å². The van der Waals surface area contributed by atoms with Crippen molar-refractivity contribution in [2.75, 3.05) is 26.9 Å². The van der Waals surface area contributed by atoms with Crippen molar-refractivity contribution in [3.05, 3.63) is 22.7 Å². The van der Waals surface area contributed by atoms with Crippen LogP contribution in [0.4, 0.5) is 0 Å². The molecule has 2 rings (SSSR count). The van der Waals surface area contributed by atoms with E-state index in [0.29, 0.717) is 35.3 Å². The maximum Gasteiger partial charge on any atom is 0.254 e. The molecule has 0 saturated carbocycles. The third kappa shape index (κ3) is 2.77. The summed E-state index contributed by atoms with van der Waals surface area (Å²) in [6, 6.07) is 2.90. The highest BCUT2D eigenvalue weighted by Gasteiger charge is 2.22. The lowest BCUT2D eigenvalue weighted by Gasteiger charge is -2.25. The molecule has 1 unspecified atom stereocenters. The first-order valence-electron chi connectivity index (χ1n) is 6.01. The molecule has 19 heavy (non-hydrogen) atoms. The minimum absolute atomic E-state index is 0.0967. The first kappa shape index (κ1) is 14.0. The van der Waals surface area contributed by atoms with Crippen LogP contribution in [-0.4, -0.2) is 48.8 Å². The van der Waals surface area contributed by atoms with Gasteiger partial charge in [-0.15, -0.1) is 0 Å². The minimum atomic E-state index is -0.264. The molecule has 0 radical (unpaired) electrons. The molecule has 1 N–H and O–H groups in total. The van der Waals surface area contributed by atoms with Gasteiger partial charge in [-0.05, 0) is 19.1 Å². The molecule has 5 nitrogen and oxygen atoms in total. The van der Waals surface area contributed by atoms with Crippen molar-refractivity contribution in [3.8, 4) is 11.5 Å². The Morgan fingerprint density at radius 2 is 2.16 bits per heavy atom. The summed E-state index contributed by atoms with van der Waals surface area (Å²) < 4.78 is 10.8. The smallest absolute Gasteiger partial charge is 0.254 e. The highest BCUT2D eigenvalue weighted by atomic mass is 35.5. The second-order valence-corrected chi connectivity index (χ2v) is 4.84. The van der Waals surface area contributed by atoms with Crippen molar-refractivity contribution in [2.45, 2.75) is 13.0 Å². The van der Waals surface area contributed by atoms with Gasteiger partial charge in [-0.25, -0.2) is 0 Å². The maximum absolute atomic E-state index is 12.2. The van der Waals surface area contributed by atoms with Gasteiger partial charge in [-0.1, -0.05) is 11.6 Å². The van der Waals surface area contributed by atoms with E-state index < -0.39 is 0 Å². The van der Waals surface area contributed by atoms with Gasteiger partial charge in [0.2, 0.25) is 0 Å². The number of rotatable bonds is 3. The zero-order valence-corrected chi connectivity index (χ0v) is 11.6. The van der Waals surface area contributed by atoms with Crippen molar-refractivity contribution in [3.63, 3.8) is 0 Å². The van der Waals surface area contributed by atoms with E-state index in [1.807, 2.05) is 0 Å². The molecule has 0 aromatic heterocycles. The molecule has 1 heterocycles. The van der Waals surface area contributed by atoms with E-state index in [0.717, 1.165) is 0 Å². The first-order valence-corrected chi connectivity index (χ1v) is 6.39. The van der Waals surface area contributed by atoms with Crippen LogP contribution in [0.5, 0.6) is 11.5 Å². The lowest BCUT2D eigenvalue weighted by atomic mass is 10.1. The number of ether oxygens (including phenoxy) is 2. The molecule has 1 amide bonds. The average molecular weight is 286 g/mol. The van der Waals surface area contributed by atoms with Crippen LogP contribution in [-0.2, 0) is 0 Å². The van der Waals surface area contributed by atoms with Crippen molar-refractivity contribution in [1.82, 2.24) is 4.90 Å². The Balaban J connectivity index is 2.30. The summed E-state index contributed by atoms with van der Waals surface area (Å²) in [4.78, 5) is 13.7. The number of aliphatic hydroxyl groups is 1. The molecule has 104 valence electrons. The number of likely N-dealkylation sites (N-methyl/N-ethyl adjacent to an activating group) is 1. The second-order valence-electron chi connectivity index (χ2n) is 4.43. The summed E-state index contributed by atoms with van der Waals surface area (Å²) in [6.45, 7) is 2.55. The van der Waals surface area contributed by atoms with E-state index in [-0.39, 0.29) is 18.6 Å². The van der Waals surface area contributed by atoms with Crippen LogP contribution in [0.1, 0.15) is 17.3 Å². The molecular weight excluding hydrogens is 270 g/mol. The second kappa shape index (κ2) is 5.67. The molecule has 0 fully saturated rings. The molecule has 0 aliphatic carbocycles. The van der Waals surface area contributed by atoms with E-state index in [2.05, 4.69) is 0 Å². The van der Waals surface area contributed by atoms with Gasteiger partial charge in [0, 0.05) is 12.6 Å². The van der Waals surface area contributed by atoms with Crippen LogP contribution in [0.15, 0.2) is 12.1 Å². The summed E-state index contributed by atoms with van der Waals surface area (Å²) in [6.07, 6.45) is 0. The fraction of sp³-hybridized carbons (Fsp3) is 0.462. The van der Waals surface area contributed by atoms with Crippen LogP contribution < -0.4 is 9.47 Å². The molecule has 1 atom stereocenters. The summed E-state index contributed by atoms with van der Waals surface area (Å²) in [7, 11) is 1.63. The van der Waals surface area contributed by atoms with Crippen LogP contribution in [0.3, 0.4) is 0 Å². The van der Waals surface area contributed by atoms with E-state index in [1.54, 1.807) is 26.1 Å².